The van der Waals surface area contributed by atoms with Crippen molar-refractivity contribution in [3.05, 3.63) is 134 Å². The van der Waals surface area contributed by atoms with Crippen LogP contribution in [0.2, 0.25) is 10.0 Å². The second kappa shape index (κ2) is 10.1. The number of aliphatic imine (C=N–C) groups is 2. The zero-order valence-corrected chi connectivity index (χ0v) is 23.6. The van der Waals surface area contributed by atoms with Crippen LogP contribution in [-0.4, -0.2) is 26.4 Å². The molecule has 7 rings (SSSR count). The van der Waals surface area contributed by atoms with Crippen LogP contribution in [0.25, 0.3) is 5.69 Å². The van der Waals surface area contributed by atoms with Crippen molar-refractivity contribution < 1.29 is 4.92 Å². The van der Waals surface area contributed by atoms with Crippen LogP contribution in [0, 0.1) is 17.0 Å². The number of aromatic nitrogens is 2. The molecule has 0 bridgehead atoms. The molecule has 2 aliphatic rings. The zero-order valence-electron chi connectivity index (χ0n) is 22.1. The van der Waals surface area contributed by atoms with Gasteiger partial charge < -0.3 is 10.2 Å². The SMILES string of the molecule is Cc1nn(-c2ccccc2)c2c1[C@H](c1cccc([N+](=O)[O-])c1)N1C(=N2)C(Nc2ccc(Cl)c(Cl)c2)=Nc2ccccc21. The maximum Gasteiger partial charge on any atom is 0.269 e. The molecule has 2 aliphatic heterocycles. The number of fused-ring (bicyclic) bond motifs is 4. The number of hydrogen-bond donors (Lipinski definition) is 1. The smallest absolute Gasteiger partial charge is 0.269 e. The van der Waals surface area contributed by atoms with E-state index in [0.29, 0.717) is 38.9 Å². The van der Waals surface area contributed by atoms with E-state index in [9.17, 15) is 10.1 Å². The normalized spacial score (nSPS) is 15.2. The molecule has 1 aromatic heterocycles. The summed E-state index contributed by atoms with van der Waals surface area (Å²) in [5.74, 6) is 1.62. The molecule has 0 saturated heterocycles. The number of nitro benzene ring substituents is 1. The fourth-order valence-electron chi connectivity index (χ4n) is 5.38. The fourth-order valence-corrected chi connectivity index (χ4v) is 5.68. The van der Waals surface area contributed by atoms with Gasteiger partial charge in [-0.15, -0.1) is 0 Å². The number of nitro groups is 1. The molecule has 11 heteroatoms. The fraction of sp³-hybridized carbons (Fsp3) is 0.0645. The lowest BCUT2D eigenvalue weighted by Gasteiger charge is -2.40. The summed E-state index contributed by atoms with van der Waals surface area (Å²) in [6, 6.07) is 28.9. The molecule has 0 aliphatic carbocycles. The number of anilines is 2. The van der Waals surface area contributed by atoms with E-state index in [1.165, 1.54) is 6.07 Å². The van der Waals surface area contributed by atoms with Gasteiger partial charge in [0.15, 0.2) is 17.5 Å². The third-order valence-electron chi connectivity index (χ3n) is 7.22. The van der Waals surface area contributed by atoms with Crippen LogP contribution in [0.4, 0.5) is 28.6 Å². The Bertz CT molecular complexity index is 1950. The first kappa shape index (κ1) is 25.9. The second-order valence-electron chi connectivity index (χ2n) is 9.83. The minimum atomic E-state index is -0.493. The standard InChI is InChI=1S/C31H21Cl2N7O2/c1-18-27-28(19-8-7-11-22(16-19)40(41)42)38-26-13-6-5-12-25(26)35-29(34-20-14-15-23(32)24(33)17-20)31(38)36-30(27)39(37-18)21-9-3-2-4-10-21/h2-17,28H,1H3,(H,34,35)/t28-/m0/s1. The Morgan fingerprint density at radius 2 is 1.67 bits per heavy atom. The Kier molecular flexibility index (Phi) is 6.26. The number of nitrogens with zero attached hydrogens (tertiary/aromatic N) is 6. The maximum absolute atomic E-state index is 11.8. The van der Waals surface area contributed by atoms with Crippen molar-refractivity contribution in [3.8, 4) is 5.69 Å². The molecule has 0 unspecified atom stereocenters. The number of non-ortho nitro benzene ring substituents is 1. The lowest BCUT2D eigenvalue weighted by molar-refractivity contribution is -0.384. The van der Waals surface area contributed by atoms with Gasteiger partial charge in [-0.1, -0.05) is 65.7 Å². The van der Waals surface area contributed by atoms with E-state index in [1.54, 1.807) is 28.9 Å². The summed E-state index contributed by atoms with van der Waals surface area (Å²) in [5, 5.41) is 20.9. The predicted molar refractivity (Wildman–Crippen MR) is 166 cm³/mol. The Morgan fingerprint density at radius 3 is 2.45 bits per heavy atom. The molecule has 1 N–H and O–H groups in total. The molecule has 206 valence electrons. The number of aryl methyl sites for hydroxylation is 1. The molecule has 0 amide bonds. The molecule has 42 heavy (non-hydrogen) atoms. The molecule has 9 nitrogen and oxygen atoms in total. The molecule has 0 spiro atoms. The minimum Gasteiger partial charge on any atom is -0.337 e. The van der Waals surface area contributed by atoms with Gasteiger partial charge in [0.25, 0.3) is 5.69 Å². The van der Waals surface area contributed by atoms with Gasteiger partial charge in [-0.25, -0.2) is 14.7 Å². The van der Waals surface area contributed by atoms with Gasteiger partial charge in [0.05, 0.1) is 43.8 Å². The first-order valence-electron chi connectivity index (χ1n) is 13.1. The van der Waals surface area contributed by atoms with E-state index < -0.39 is 6.04 Å². The Morgan fingerprint density at radius 1 is 0.881 bits per heavy atom. The number of rotatable bonds is 4. The summed E-state index contributed by atoms with van der Waals surface area (Å²) < 4.78 is 1.80. The van der Waals surface area contributed by atoms with E-state index in [0.717, 1.165) is 28.2 Å². The highest BCUT2D eigenvalue weighted by molar-refractivity contribution is 6.52. The maximum atomic E-state index is 11.8. The van der Waals surface area contributed by atoms with Gasteiger partial charge in [-0.05, 0) is 55.0 Å². The van der Waals surface area contributed by atoms with Crippen LogP contribution in [0.1, 0.15) is 22.9 Å². The molecule has 0 fully saturated rings. The van der Waals surface area contributed by atoms with Crippen LogP contribution in [0.3, 0.4) is 0 Å². The van der Waals surface area contributed by atoms with E-state index in [4.69, 9.17) is 38.3 Å². The minimum absolute atomic E-state index is 0.000618. The van der Waals surface area contributed by atoms with E-state index in [-0.39, 0.29) is 10.6 Å². The van der Waals surface area contributed by atoms with Crippen molar-refractivity contribution in [2.45, 2.75) is 13.0 Å². The summed E-state index contributed by atoms with van der Waals surface area (Å²) >= 11 is 12.5. The third-order valence-corrected chi connectivity index (χ3v) is 7.96. The van der Waals surface area contributed by atoms with Crippen LogP contribution >= 0.6 is 23.2 Å². The lowest BCUT2D eigenvalue weighted by atomic mass is 9.93. The van der Waals surface area contributed by atoms with Crippen molar-refractivity contribution in [2.24, 2.45) is 9.98 Å². The van der Waals surface area contributed by atoms with E-state index in [2.05, 4.69) is 10.2 Å². The molecule has 5 aromatic rings. The molecular weight excluding hydrogens is 573 g/mol. The number of halogens is 2. The Labute approximate surface area is 250 Å². The second-order valence-corrected chi connectivity index (χ2v) is 10.6. The van der Waals surface area contributed by atoms with Gasteiger partial charge in [-0.3, -0.25) is 10.1 Å². The van der Waals surface area contributed by atoms with Crippen molar-refractivity contribution in [3.63, 3.8) is 0 Å². The number of para-hydroxylation sites is 3. The van der Waals surface area contributed by atoms with Crippen LogP contribution in [0.5, 0.6) is 0 Å². The largest absolute Gasteiger partial charge is 0.337 e. The highest BCUT2D eigenvalue weighted by atomic mass is 35.5. The van der Waals surface area contributed by atoms with E-state index >= 15 is 0 Å². The van der Waals surface area contributed by atoms with Crippen molar-refractivity contribution in [1.29, 1.82) is 0 Å². The molecule has 0 radical (unpaired) electrons. The highest BCUT2D eigenvalue weighted by Crippen LogP contribution is 2.48. The predicted octanol–water partition coefficient (Wildman–Crippen LogP) is 8.19. The van der Waals surface area contributed by atoms with Gasteiger partial charge in [0.2, 0.25) is 0 Å². The first-order valence-corrected chi connectivity index (χ1v) is 13.8. The third kappa shape index (κ3) is 4.30. The molecule has 0 saturated carbocycles. The molecule has 4 aromatic carbocycles. The average Bonchev–Trinajstić information content (AvgIpc) is 3.34. The zero-order chi connectivity index (χ0) is 29.0. The summed E-state index contributed by atoms with van der Waals surface area (Å²) in [7, 11) is 0. The molecule has 1 atom stereocenters. The molecular formula is C31H21Cl2N7O2. The number of amidine groups is 2. The number of nitrogens with one attached hydrogen (secondary N) is 1. The van der Waals surface area contributed by atoms with E-state index in [1.807, 2.05) is 73.7 Å². The highest BCUT2D eigenvalue weighted by Gasteiger charge is 2.41. The Hall–Kier alpha value is -4.99. The number of hydrogen-bond acceptors (Lipinski definition) is 7. The van der Waals surface area contributed by atoms with Crippen molar-refractivity contribution >= 4 is 63.4 Å². The van der Waals surface area contributed by atoms with Gasteiger partial charge in [0, 0.05) is 23.4 Å². The first-order chi connectivity index (χ1) is 20.4. The van der Waals surface area contributed by atoms with Crippen LogP contribution in [0.15, 0.2) is 107 Å². The van der Waals surface area contributed by atoms with Crippen LogP contribution < -0.4 is 10.2 Å². The van der Waals surface area contributed by atoms with Gasteiger partial charge in [-0.2, -0.15) is 5.10 Å². The lowest BCUT2D eigenvalue weighted by Crippen LogP contribution is -2.46. The topological polar surface area (TPSA) is 101 Å². The summed E-state index contributed by atoms with van der Waals surface area (Å²) in [4.78, 5) is 23.6. The van der Waals surface area contributed by atoms with Gasteiger partial charge in [0.1, 0.15) is 0 Å². The van der Waals surface area contributed by atoms with Crippen molar-refractivity contribution in [1.82, 2.24) is 9.78 Å². The monoisotopic (exact) mass is 593 g/mol. The average molecular weight is 594 g/mol. The Balaban J connectivity index is 1.50. The van der Waals surface area contributed by atoms with Crippen LogP contribution in [-0.2, 0) is 0 Å². The summed E-state index contributed by atoms with van der Waals surface area (Å²) in [5.41, 5.74) is 5.36. The van der Waals surface area contributed by atoms with Crippen molar-refractivity contribution in [2.75, 3.05) is 10.2 Å². The number of benzene rings is 4. The van der Waals surface area contributed by atoms with Gasteiger partial charge >= 0.3 is 0 Å². The molecule has 3 heterocycles. The summed E-state index contributed by atoms with van der Waals surface area (Å²) in [6.45, 7) is 1.93. The quantitative estimate of drug-likeness (QED) is 0.167. The summed E-state index contributed by atoms with van der Waals surface area (Å²) in [6.07, 6.45) is 0.